The van der Waals surface area contributed by atoms with Crippen LogP contribution in [0.4, 0.5) is 74.6 Å². The molecule has 3 aromatic carbocycles. The van der Waals surface area contributed by atoms with Crippen LogP contribution in [0, 0.1) is 13.8 Å². The van der Waals surface area contributed by atoms with Gasteiger partial charge < -0.3 is 4.55 Å². The van der Waals surface area contributed by atoms with Crippen molar-refractivity contribution in [3.63, 3.8) is 0 Å². The van der Waals surface area contributed by atoms with Crippen molar-refractivity contribution in [1.82, 2.24) is 0 Å². The van der Waals surface area contributed by atoms with Gasteiger partial charge in [0.15, 0.2) is 24.8 Å². The molecule has 0 aliphatic rings. The highest BCUT2D eigenvalue weighted by Gasteiger charge is 2.95. The molecule has 0 heterocycles. The fraction of sp³-hybridized carbons (Fsp3) is 0.357. The van der Waals surface area contributed by atoms with E-state index >= 15 is 0 Å². The number of hydrogen-bond acceptors (Lipinski definition) is 3. The predicted octanol–water partition coefficient (Wildman–Crippen LogP) is 9.90. The highest BCUT2D eigenvalue weighted by molar-refractivity contribution is 7.97. The lowest BCUT2D eigenvalue weighted by Gasteiger charge is -2.42. The third-order valence-corrected chi connectivity index (χ3v) is 9.78. The molecule has 0 radical (unpaired) electrons. The molecular formula is C28H19F17O3S2. The Kier molecular flexibility index (Phi) is 11.8. The second kappa shape index (κ2) is 13.7. The maximum atomic E-state index is 13.0. The van der Waals surface area contributed by atoms with Crippen molar-refractivity contribution in [3.05, 3.63) is 90.0 Å². The normalized spacial score (nSPS) is 14.3. The van der Waals surface area contributed by atoms with Crippen LogP contribution in [0.15, 0.2) is 93.5 Å². The molecule has 3 nitrogen and oxygen atoms in total. The lowest BCUT2D eigenvalue weighted by atomic mass is 9.91. The van der Waals surface area contributed by atoms with Crippen LogP contribution in [0.3, 0.4) is 0 Å². The Labute approximate surface area is 274 Å². The molecule has 22 heteroatoms. The zero-order chi connectivity index (χ0) is 39.2. The fourth-order valence-electron chi connectivity index (χ4n) is 3.84. The zero-order valence-corrected chi connectivity index (χ0v) is 26.1. The largest absolute Gasteiger partial charge is 0.743 e. The highest BCUT2D eigenvalue weighted by Crippen LogP contribution is 2.64. The maximum absolute atomic E-state index is 13.0. The van der Waals surface area contributed by atoms with E-state index in [-0.39, 0.29) is 10.9 Å². The molecule has 280 valence electrons. The van der Waals surface area contributed by atoms with E-state index in [1.807, 2.05) is 0 Å². The van der Waals surface area contributed by atoms with E-state index in [0.29, 0.717) is 0 Å². The van der Waals surface area contributed by atoms with Gasteiger partial charge in [0.2, 0.25) is 0 Å². The summed E-state index contributed by atoms with van der Waals surface area (Å²) in [5, 5.41) is -7.95. The van der Waals surface area contributed by atoms with Gasteiger partial charge in [0.05, 0.1) is 10.9 Å². The maximum Gasteiger partial charge on any atom is 0.460 e. The molecule has 0 fully saturated rings. The summed E-state index contributed by atoms with van der Waals surface area (Å²) in [6, 6.07) is 28.4. The monoisotopic (exact) mass is 790 g/mol. The van der Waals surface area contributed by atoms with Gasteiger partial charge in [0.1, 0.15) is 0 Å². The molecule has 3 rings (SSSR count). The summed E-state index contributed by atoms with van der Waals surface area (Å²) in [6.07, 6.45) is -7.89. The number of benzene rings is 3. The molecule has 0 bridgehead atoms. The Morgan fingerprint density at radius 2 is 0.840 bits per heavy atom. The van der Waals surface area contributed by atoms with Crippen molar-refractivity contribution in [2.45, 2.75) is 75.5 Å². The average Bonchev–Trinajstić information content (AvgIpc) is 2.98. The Balaban J connectivity index is 0.000000361. The lowest BCUT2D eigenvalue weighted by Crippen LogP contribution is -2.75. The summed E-state index contributed by atoms with van der Waals surface area (Å²) in [7, 11) is -8.18. The fourth-order valence-corrected chi connectivity index (χ4v) is 6.50. The molecule has 0 aliphatic heterocycles. The van der Waals surface area contributed by atoms with Crippen molar-refractivity contribution in [1.29, 1.82) is 0 Å². The van der Waals surface area contributed by atoms with Gasteiger partial charge >= 0.3 is 47.0 Å². The van der Waals surface area contributed by atoms with E-state index in [0.717, 1.165) is 0 Å². The van der Waals surface area contributed by atoms with Gasteiger partial charge in [-0.05, 0) is 44.2 Å². The van der Waals surface area contributed by atoms with Gasteiger partial charge in [-0.1, -0.05) is 54.1 Å². The molecule has 0 spiro atoms. The molecule has 50 heavy (non-hydrogen) atoms. The van der Waals surface area contributed by atoms with Crippen LogP contribution in [0.1, 0.15) is 11.1 Å². The van der Waals surface area contributed by atoms with E-state index in [1.54, 1.807) is 0 Å². The van der Waals surface area contributed by atoms with Crippen LogP contribution in [-0.2, 0) is 21.0 Å². The van der Waals surface area contributed by atoms with Crippen LogP contribution >= 0.6 is 0 Å². The minimum atomic E-state index is -8.92. The van der Waals surface area contributed by atoms with Gasteiger partial charge in [-0.2, -0.15) is 74.6 Å². The lowest BCUT2D eigenvalue weighted by molar-refractivity contribution is -0.458. The average molecular weight is 791 g/mol. The molecule has 0 atom stereocenters. The smallest absolute Gasteiger partial charge is 0.460 e. The number of aryl methyl sites for hydroxylation is 2. The van der Waals surface area contributed by atoms with E-state index in [9.17, 15) is 87.6 Å². The Hall–Kier alpha value is -3.27. The molecular weight excluding hydrogens is 771 g/mol. The predicted molar refractivity (Wildman–Crippen MR) is 141 cm³/mol. The van der Waals surface area contributed by atoms with Crippen LogP contribution in [0.2, 0.25) is 0 Å². The second-order valence-electron chi connectivity index (χ2n) is 10.1. The van der Waals surface area contributed by atoms with Crippen molar-refractivity contribution < 1.29 is 87.6 Å². The Bertz CT molecular complexity index is 1690. The van der Waals surface area contributed by atoms with Crippen molar-refractivity contribution in [2.75, 3.05) is 0 Å². The van der Waals surface area contributed by atoms with E-state index in [4.69, 9.17) is 0 Å². The standard InChI is InChI=1S/C20H19S.C8HF17O3S/c1-16-13-14-20(17(2)15-16)21(18-9-5-3-6-10-18)19-11-7-4-8-12-19;9-1(10,3(13,14)5(17,18)7(21,22)23)2(11,12)4(15,16)6(19,20)8(24,25)29(26,27)28/h3-15H,1-2H3;(H,26,27,28)/q+1;/p-1. The highest BCUT2D eigenvalue weighted by atomic mass is 32.2. The summed E-state index contributed by atoms with van der Waals surface area (Å²) in [5.74, 6) is -52.1. The van der Waals surface area contributed by atoms with Gasteiger partial charge in [-0.3, -0.25) is 0 Å². The van der Waals surface area contributed by atoms with Crippen LogP contribution < -0.4 is 0 Å². The Morgan fingerprint density at radius 3 is 1.16 bits per heavy atom. The van der Waals surface area contributed by atoms with Crippen LogP contribution in [0.5, 0.6) is 0 Å². The first kappa shape index (κ1) is 42.9. The minimum Gasteiger partial charge on any atom is -0.743 e. The number of hydrogen-bond donors (Lipinski definition) is 0. The summed E-state index contributed by atoms with van der Waals surface area (Å²) >= 11 is 0. The van der Waals surface area contributed by atoms with E-state index in [1.165, 1.54) is 25.8 Å². The minimum absolute atomic E-state index is 0.0345. The van der Waals surface area contributed by atoms with Gasteiger partial charge in [-0.15, -0.1) is 0 Å². The Morgan fingerprint density at radius 1 is 0.500 bits per heavy atom. The van der Waals surface area contributed by atoms with Gasteiger partial charge in [0, 0.05) is 5.56 Å². The van der Waals surface area contributed by atoms with Crippen molar-refractivity contribution in [2.24, 2.45) is 0 Å². The van der Waals surface area contributed by atoms with E-state index in [2.05, 4.69) is 92.7 Å². The number of halogens is 17. The topological polar surface area (TPSA) is 57.2 Å². The van der Waals surface area contributed by atoms with Crippen LogP contribution in [0.25, 0.3) is 0 Å². The van der Waals surface area contributed by atoms with Crippen LogP contribution in [-0.4, -0.2) is 59.9 Å². The molecule has 3 aromatic rings. The van der Waals surface area contributed by atoms with Gasteiger partial charge in [-0.25, -0.2) is 8.42 Å². The SMILES string of the molecule is Cc1ccc([S+](c2ccccc2)c2ccccc2)c(C)c1.O=S(=O)([O-])C(F)(F)C(F)(F)C(F)(F)C(F)(F)C(F)(F)C(F)(F)C(F)(F)C(F)(F)F. The molecule has 0 aliphatic carbocycles. The molecule has 0 N–H and O–H groups in total. The first-order chi connectivity index (χ1) is 22.3. The quantitative estimate of drug-likeness (QED) is 0.117. The molecule has 0 saturated carbocycles. The molecule has 0 saturated heterocycles. The summed E-state index contributed by atoms with van der Waals surface area (Å²) < 4.78 is 244. The number of rotatable bonds is 10. The first-order valence-electron chi connectivity index (χ1n) is 12.8. The summed E-state index contributed by atoms with van der Waals surface area (Å²) in [6.45, 7) is 4.37. The van der Waals surface area contributed by atoms with Crippen molar-refractivity contribution >= 4 is 21.0 Å². The second-order valence-corrected chi connectivity index (χ2v) is 13.5. The van der Waals surface area contributed by atoms with Gasteiger partial charge in [0.25, 0.3) is 0 Å². The van der Waals surface area contributed by atoms with E-state index < -0.39 is 57.1 Å². The molecule has 0 amide bonds. The molecule has 0 aromatic heterocycles. The summed E-state index contributed by atoms with van der Waals surface area (Å²) in [4.78, 5) is 4.16. The summed E-state index contributed by atoms with van der Waals surface area (Å²) in [5.41, 5.74) is 2.69. The number of alkyl halides is 17. The third-order valence-electron chi connectivity index (χ3n) is 6.52. The zero-order valence-electron chi connectivity index (χ0n) is 24.5. The molecule has 0 unspecified atom stereocenters. The van der Waals surface area contributed by atoms with Crippen molar-refractivity contribution in [3.8, 4) is 0 Å². The first-order valence-corrected chi connectivity index (χ1v) is 15.5. The third kappa shape index (κ3) is 7.10.